The Bertz CT molecular complexity index is 1140. The molecule has 0 radical (unpaired) electrons. The largest absolute Gasteiger partial charge is 0.493 e. The van der Waals surface area contributed by atoms with Gasteiger partial charge in [0, 0.05) is 27.0 Å². The quantitative estimate of drug-likeness (QED) is 0.215. The smallest absolute Gasteiger partial charge is 0.185 e. The van der Waals surface area contributed by atoms with Gasteiger partial charge in [0.05, 0.1) is 24.6 Å². The first-order valence-corrected chi connectivity index (χ1v) is 11.8. The van der Waals surface area contributed by atoms with Crippen LogP contribution in [-0.2, 0) is 0 Å². The number of para-hydroxylation sites is 1. The Morgan fingerprint density at radius 2 is 1.69 bits per heavy atom. The molecular weight excluding hydrogens is 418 g/mol. The van der Waals surface area contributed by atoms with E-state index >= 15 is 0 Å². The summed E-state index contributed by atoms with van der Waals surface area (Å²) >= 11 is 1.71. The molecule has 3 aromatic rings. The summed E-state index contributed by atoms with van der Waals surface area (Å²) in [6.07, 6.45) is 5.27. The first-order chi connectivity index (χ1) is 15.7. The van der Waals surface area contributed by atoms with Gasteiger partial charge in [0.15, 0.2) is 5.78 Å². The number of allylic oxidation sites excluding steroid dienone is 1. The van der Waals surface area contributed by atoms with E-state index in [-0.39, 0.29) is 5.78 Å². The lowest BCUT2D eigenvalue weighted by Crippen LogP contribution is -2.02. The van der Waals surface area contributed by atoms with Gasteiger partial charge in [-0.1, -0.05) is 37.7 Å². The van der Waals surface area contributed by atoms with Crippen molar-refractivity contribution in [2.75, 3.05) is 18.5 Å². The number of benzene rings is 3. The van der Waals surface area contributed by atoms with E-state index in [2.05, 4.69) is 25.2 Å². The van der Waals surface area contributed by atoms with E-state index in [1.165, 1.54) is 4.90 Å². The van der Waals surface area contributed by atoms with Crippen molar-refractivity contribution in [2.45, 2.75) is 36.5 Å². The van der Waals surface area contributed by atoms with Crippen molar-refractivity contribution >= 4 is 35.0 Å². The molecule has 0 saturated heterocycles. The summed E-state index contributed by atoms with van der Waals surface area (Å²) in [5.41, 5.74) is 3.52. The van der Waals surface area contributed by atoms with Crippen LogP contribution in [0.5, 0.6) is 11.5 Å². The molecule has 1 heterocycles. The summed E-state index contributed by atoms with van der Waals surface area (Å²) in [5, 5.41) is 3.43. The second kappa shape index (κ2) is 10.4. The van der Waals surface area contributed by atoms with Gasteiger partial charge in [-0.3, -0.25) is 4.79 Å². The molecule has 0 saturated carbocycles. The van der Waals surface area contributed by atoms with Gasteiger partial charge in [-0.2, -0.15) is 0 Å². The number of rotatable bonds is 9. The highest BCUT2D eigenvalue weighted by Crippen LogP contribution is 2.44. The highest BCUT2D eigenvalue weighted by Gasteiger charge is 2.16. The molecule has 0 spiro atoms. The molecule has 0 aromatic heterocycles. The topological polar surface area (TPSA) is 47.6 Å². The third-order valence-corrected chi connectivity index (χ3v) is 6.13. The van der Waals surface area contributed by atoms with Crippen LogP contribution in [0.4, 0.5) is 11.4 Å². The number of nitrogens with one attached hydrogen (secondary N) is 1. The van der Waals surface area contributed by atoms with Gasteiger partial charge < -0.3 is 14.8 Å². The molecule has 0 amide bonds. The molecule has 164 valence electrons. The van der Waals surface area contributed by atoms with Crippen LogP contribution >= 0.6 is 11.8 Å². The Kier molecular flexibility index (Phi) is 7.17. The van der Waals surface area contributed by atoms with E-state index in [4.69, 9.17) is 9.47 Å². The van der Waals surface area contributed by atoms with Gasteiger partial charge in [0.25, 0.3) is 0 Å². The lowest BCUT2D eigenvalue weighted by molar-refractivity contribution is 0.104. The summed E-state index contributed by atoms with van der Waals surface area (Å²) in [5.74, 6) is 1.45. The third-order valence-electron chi connectivity index (χ3n) is 4.97. The normalized spacial score (nSPS) is 12.1. The van der Waals surface area contributed by atoms with Crippen LogP contribution in [-0.4, -0.2) is 19.0 Å². The summed E-state index contributed by atoms with van der Waals surface area (Å²) in [4.78, 5) is 15.2. The molecule has 3 aromatic carbocycles. The Morgan fingerprint density at radius 3 is 2.53 bits per heavy atom. The fourth-order valence-corrected chi connectivity index (χ4v) is 4.32. The highest BCUT2D eigenvalue weighted by molar-refractivity contribution is 7.99. The molecule has 0 aliphatic carbocycles. The minimum Gasteiger partial charge on any atom is -0.493 e. The highest BCUT2D eigenvalue weighted by atomic mass is 32.2. The van der Waals surface area contributed by atoms with Gasteiger partial charge in [-0.25, -0.2) is 0 Å². The zero-order valence-electron chi connectivity index (χ0n) is 18.4. The average molecular weight is 446 g/mol. The van der Waals surface area contributed by atoms with E-state index in [1.807, 2.05) is 60.7 Å². The molecule has 0 bridgehead atoms. The second-order valence-corrected chi connectivity index (χ2v) is 8.61. The van der Waals surface area contributed by atoms with Crippen molar-refractivity contribution < 1.29 is 14.3 Å². The van der Waals surface area contributed by atoms with Crippen LogP contribution in [0.25, 0.3) is 6.08 Å². The fourth-order valence-electron chi connectivity index (χ4n) is 3.35. The lowest BCUT2D eigenvalue weighted by atomic mass is 10.1. The molecular formula is C27H27NO3S. The Morgan fingerprint density at radius 1 is 0.906 bits per heavy atom. The summed E-state index contributed by atoms with van der Waals surface area (Å²) < 4.78 is 11.6. The van der Waals surface area contributed by atoms with E-state index in [9.17, 15) is 4.79 Å². The van der Waals surface area contributed by atoms with Crippen LogP contribution in [0.2, 0.25) is 0 Å². The number of hydrogen-bond acceptors (Lipinski definition) is 5. The molecule has 0 atom stereocenters. The first-order valence-electron chi connectivity index (χ1n) is 11.0. The summed E-state index contributed by atoms with van der Waals surface area (Å²) in [7, 11) is 0. The number of ether oxygens (including phenoxy) is 2. The van der Waals surface area contributed by atoms with E-state index in [0.717, 1.165) is 46.2 Å². The molecule has 32 heavy (non-hydrogen) atoms. The van der Waals surface area contributed by atoms with Crippen molar-refractivity contribution in [3.05, 3.63) is 77.9 Å². The molecule has 0 unspecified atom stereocenters. The zero-order valence-corrected chi connectivity index (χ0v) is 19.2. The zero-order chi connectivity index (χ0) is 22.3. The summed E-state index contributed by atoms with van der Waals surface area (Å²) in [6.45, 7) is 5.42. The van der Waals surface area contributed by atoms with Gasteiger partial charge in [-0.15, -0.1) is 0 Å². The van der Waals surface area contributed by atoms with E-state index < -0.39 is 0 Å². The average Bonchev–Trinajstić information content (AvgIpc) is 2.83. The second-order valence-electron chi connectivity index (χ2n) is 7.53. The van der Waals surface area contributed by atoms with Gasteiger partial charge in [0.2, 0.25) is 0 Å². The molecule has 5 heteroatoms. The van der Waals surface area contributed by atoms with Crippen molar-refractivity contribution in [1.82, 2.24) is 0 Å². The maximum atomic E-state index is 12.9. The molecule has 1 N–H and O–H groups in total. The predicted molar refractivity (Wildman–Crippen MR) is 132 cm³/mol. The first kappa shape index (κ1) is 22.0. The molecule has 4 nitrogen and oxygen atoms in total. The Labute approximate surface area is 193 Å². The fraction of sp³-hybridized carbons (Fsp3) is 0.222. The maximum absolute atomic E-state index is 12.9. The van der Waals surface area contributed by atoms with Gasteiger partial charge in [0.1, 0.15) is 11.5 Å². The molecule has 0 fully saturated rings. The van der Waals surface area contributed by atoms with Crippen LogP contribution in [0.1, 0.15) is 42.6 Å². The van der Waals surface area contributed by atoms with Crippen molar-refractivity contribution in [1.29, 1.82) is 0 Å². The predicted octanol–water partition coefficient (Wildman–Crippen LogP) is 7.37. The number of carbonyl (C=O) groups excluding carboxylic acids is 1. The van der Waals surface area contributed by atoms with Crippen molar-refractivity contribution in [2.24, 2.45) is 0 Å². The monoisotopic (exact) mass is 445 g/mol. The standard InChI is InChI=1S/C27H27NO3S/c1-3-15-30-21-12-9-19(25(18-21)31-16-4-2)10-13-24(29)20-11-14-27-23(17-20)28-22-7-5-6-8-26(22)32-27/h5-14,17-18,28H,3-4,15-16H2,1-2H3. The van der Waals surface area contributed by atoms with Crippen molar-refractivity contribution in [3.63, 3.8) is 0 Å². The maximum Gasteiger partial charge on any atom is 0.185 e. The minimum atomic E-state index is -0.0498. The van der Waals surface area contributed by atoms with Gasteiger partial charge in [-0.05, 0) is 67.5 Å². The number of hydrogen-bond donors (Lipinski definition) is 1. The van der Waals surface area contributed by atoms with Crippen LogP contribution in [0, 0.1) is 0 Å². The van der Waals surface area contributed by atoms with Crippen LogP contribution in [0.3, 0.4) is 0 Å². The number of anilines is 2. The van der Waals surface area contributed by atoms with E-state index in [1.54, 1.807) is 17.8 Å². The molecule has 1 aliphatic heterocycles. The summed E-state index contributed by atoms with van der Waals surface area (Å²) in [6, 6.07) is 19.7. The Hall–Kier alpha value is -3.18. The minimum absolute atomic E-state index is 0.0498. The Balaban J connectivity index is 1.52. The molecule has 4 rings (SSSR count). The van der Waals surface area contributed by atoms with Crippen molar-refractivity contribution in [3.8, 4) is 11.5 Å². The van der Waals surface area contributed by atoms with E-state index in [0.29, 0.717) is 18.8 Å². The number of carbonyl (C=O) groups is 1. The molecule has 1 aliphatic rings. The lowest BCUT2D eigenvalue weighted by Gasteiger charge is -2.20. The van der Waals surface area contributed by atoms with Gasteiger partial charge >= 0.3 is 0 Å². The number of fused-ring (bicyclic) bond motifs is 2. The number of ketones is 1. The van der Waals surface area contributed by atoms with Crippen LogP contribution < -0.4 is 14.8 Å². The third kappa shape index (κ3) is 5.17. The SMILES string of the molecule is CCCOc1ccc(C=CC(=O)c2ccc3c(c2)Nc2ccccc2S3)c(OCCC)c1. The van der Waals surface area contributed by atoms with Crippen LogP contribution in [0.15, 0.2) is 76.5 Å².